The number of carboxylic acid groups (broad SMARTS) is 1. The number of piperidine rings is 1. The van der Waals surface area contributed by atoms with Gasteiger partial charge in [-0.15, -0.1) is 0 Å². The van der Waals surface area contributed by atoms with Crippen LogP contribution < -0.4 is 10.2 Å². The fourth-order valence-electron chi connectivity index (χ4n) is 3.34. The van der Waals surface area contributed by atoms with Crippen LogP contribution in [0.2, 0.25) is 0 Å². The summed E-state index contributed by atoms with van der Waals surface area (Å²) >= 11 is 0. The molecule has 2 aromatic carbocycles. The van der Waals surface area contributed by atoms with Crippen LogP contribution >= 0.6 is 0 Å². The maximum absolute atomic E-state index is 11.0. The van der Waals surface area contributed by atoms with Crippen molar-refractivity contribution < 1.29 is 9.90 Å². The van der Waals surface area contributed by atoms with Crippen molar-refractivity contribution >= 4 is 11.7 Å². The van der Waals surface area contributed by atoms with Crippen LogP contribution in [0.3, 0.4) is 0 Å². The second-order valence-electron chi connectivity index (χ2n) is 6.43. The molecule has 1 aliphatic heterocycles. The van der Waals surface area contributed by atoms with E-state index in [4.69, 9.17) is 5.11 Å². The van der Waals surface area contributed by atoms with Gasteiger partial charge in [-0.3, -0.25) is 0 Å². The highest BCUT2D eigenvalue weighted by molar-refractivity contribution is 5.87. The lowest BCUT2D eigenvalue weighted by atomic mass is 9.97. The number of carboxylic acids is 1. The summed E-state index contributed by atoms with van der Waals surface area (Å²) in [5, 5.41) is 12.5. The highest BCUT2D eigenvalue weighted by Gasteiger charge is 2.19. The van der Waals surface area contributed by atoms with Crippen molar-refractivity contribution in [2.24, 2.45) is 5.92 Å². The molecule has 1 saturated heterocycles. The molecule has 2 aromatic rings. The quantitative estimate of drug-likeness (QED) is 0.855. The predicted molar refractivity (Wildman–Crippen MR) is 96.5 cm³/mol. The largest absolute Gasteiger partial charge is 0.478 e. The number of carbonyl (C=O) groups is 1. The monoisotopic (exact) mass is 324 g/mol. The molecule has 4 nitrogen and oxygen atoms in total. The summed E-state index contributed by atoms with van der Waals surface area (Å²) in [4.78, 5) is 13.5. The summed E-state index contributed by atoms with van der Waals surface area (Å²) in [7, 11) is 0. The molecule has 0 bridgehead atoms. The van der Waals surface area contributed by atoms with E-state index in [0.29, 0.717) is 18.0 Å². The van der Waals surface area contributed by atoms with Crippen molar-refractivity contribution in [2.75, 3.05) is 24.5 Å². The maximum Gasteiger partial charge on any atom is 0.335 e. The van der Waals surface area contributed by atoms with Crippen LogP contribution in [-0.2, 0) is 6.54 Å². The Bertz CT molecular complexity index is 672. The van der Waals surface area contributed by atoms with Gasteiger partial charge in [0.15, 0.2) is 0 Å². The summed E-state index contributed by atoms with van der Waals surface area (Å²) in [6, 6.07) is 17.7. The molecule has 1 atom stereocenters. The first-order valence-corrected chi connectivity index (χ1v) is 8.55. The first-order chi connectivity index (χ1) is 11.7. The van der Waals surface area contributed by atoms with Gasteiger partial charge in [0.25, 0.3) is 0 Å². The van der Waals surface area contributed by atoms with Crippen molar-refractivity contribution in [3.05, 3.63) is 65.7 Å². The first-order valence-electron chi connectivity index (χ1n) is 8.55. The second-order valence-corrected chi connectivity index (χ2v) is 6.43. The lowest BCUT2D eigenvalue weighted by Gasteiger charge is -2.34. The van der Waals surface area contributed by atoms with Gasteiger partial charge in [-0.2, -0.15) is 0 Å². The Kier molecular flexibility index (Phi) is 5.49. The second kappa shape index (κ2) is 7.97. The smallest absolute Gasteiger partial charge is 0.335 e. The zero-order valence-corrected chi connectivity index (χ0v) is 13.8. The third-order valence-electron chi connectivity index (χ3n) is 4.58. The van der Waals surface area contributed by atoms with Gasteiger partial charge in [0.2, 0.25) is 0 Å². The molecule has 126 valence electrons. The molecule has 4 heteroatoms. The first kappa shape index (κ1) is 16.5. The molecule has 0 radical (unpaired) electrons. The number of rotatable bonds is 6. The number of aromatic carboxylic acids is 1. The van der Waals surface area contributed by atoms with Crippen LogP contribution in [0, 0.1) is 5.92 Å². The van der Waals surface area contributed by atoms with E-state index < -0.39 is 5.97 Å². The molecule has 0 amide bonds. The van der Waals surface area contributed by atoms with Crippen molar-refractivity contribution in [3.8, 4) is 0 Å². The third kappa shape index (κ3) is 4.36. The van der Waals surface area contributed by atoms with E-state index in [1.54, 1.807) is 18.2 Å². The SMILES string of the molecule is O=C(O)c1cccc(CNCC2CCCN(c3ccccc3)C2)c1. The number of nitrogens with zero attached hydrogens (tertiary/aromatic N) is 1. The Labute approximate surface area is 143 Å². The van der Waals surface area contributed by atoms with Gasteiger partial charge >= 0.3 is 5.97 Å². The van der Waals surface area contributed by atoms with Crippen LogP contribution in [0.15, 0.2) is 54.6 Å². The lowest BCUT2D eigenvalue weighted by Crippen LogP contribution is -2.39. The molecule has 2 N–H and O–H groups in total. The Hall–Kier alpha value is -2.33. The van der Waals surface area contributed by atoms with E-state index in [0.717, 1.165) is 25.2 Å². The maximum atomic E-state index is 11.0. The minimum absolute atomic E-state index is 0.349. The van der Waals surface area contributed by atoms with Crippen molar-refractivity contribution in [1.82, 2.24) is 5.32 Å². The summed E-state index contributed by atoms with van der Waals surface area (Å²) in [5.74, 6) is -0.246. The zero-order valence-electron chi connectivity index (χ0n) is 13.8. The van der Waals surface area contributed by atoms with E-state index in [1.807, 2.05) is 6.07 Å². The fraction of sp³-hybridized carbons (Fsp3) is 0.350. The third-order valence-corrected chi connectivity index (χ3v) is 4.58. The predicted octanol–water partition coefficient (Wildman–Crippen LogP) is 3.39. The fourth-order valence-corrected chi connectivity index (χ4v) is 3.34. The summed E-state index contributed by atoms with van der Waals surface area (Å²) in [6.07, 6.45) is 2.46. The molecular formula is C20H24N2O2. The Morgan fingerprint density at radius 2 is 2.00 bits per heavy atom. The standard InChI is InChI=1S/C20H24N2O2/c23-20(24)18-8-4-6-16(12-18)13-21-14-17-7-5-11-22(15-17)19-9-2-1-3-10-19/h1-4,6,8-10,12,17,21H,5,7,11,13-15H2,(H,23,24). The molecule has 0 saturated carbocycles. The van der Waals surface area contributed by atoms with Crippen LogP contribution in [0.1, 0.15) is 28.8 Å². The molecule has 1 heterocycles. The molecule has 0 aromatic heterocycles. The number of para-hydroxylation sites is 1. The van der Waals surface area contributed by atoms with Gasteiger partial charge in [0.1, 0.15) is 0 Å². The summed E-state index contributed by atoms with van der Waals surface area (Å²) in [5.41, 5.74) is 2.67. The normalized spacial score (nSPS) is 17.7. The molecule has 3 rings (SSSR count). The minimum atomic E-state index is -0.873. The van der Waals surface area contributed by atoms with Gasteiger partial charge in [-0.05, 0) is 55.1 Å². The lowest BCUT2D eigenvalue weighted by molar-refractivity contribution is 0.0696. The highest BCUT2D eigenvalue weighted by Crippen LogP contribution is 2.22. The Morgan fingerprint density at radius 3 is 2.79 bits per heavy atom. The van der Waals surface area contributed by atoms with Crippen LogP contribution in [0.5, 0.6) is 0 Å². The molecule has 1 unspecified atom stereocenters. The van der Waals surface area contributed by atoms with Gasteiger partial charge in [0.05, 0.1) is 5.56 Å². The molecule has 1 aliphatic rings. The van der Waals surface area contributed by atoms with Gasteiger partial charge in [-0.25, -0.2) is 4.79 Å². The van der Waals surface area contributed by atoms with Crippen molar-refractivity contribution in [1.29, 1.82) is 0 Å². The van der Waals surface area contributed by atoms with E-state index >= 15 is 0 Å². The highest BCUT2D eigenvalue weighted by atomic mass is 16.4. The van der Waals surface area contributed by atoms with Crippen molar-refractivity contribution in [2.45, 2.75) is 19.4 Å². The number of nitrogens with one attached hydrogen (secondary N) is 1. The zero-order chi connectivity index (χ0) is 16.8. The molecule has 0 spiro atoms. The summed E-state index contributed by atoms with van der Waals surface area (Å²) in [6.45, 7) is 3.87. The number of hydrogen-bond donors (Lipinski definition) is 2. The summed E-state index contributed by atoms with van der Waals surface area (Å²) < 4.78 is 0. The Morgan fingerprint density at radius 1 is 1.17 bits per heavy atom. The van der Waals surface area contributed by atoms with Crippen LogP contribution in [0.4, 0.5) is 5.69 Å². The average molecular weight is 324 g/mol. The van der Waals surface area contributed by atoms with E-state index in [9.17, 15) is 4.79 Å². The van der Waals surface area contributed by atoms with E-state index in [-0.39, 0.29) is 0 Å². The van der Waals surface area contributed by atoms with Crippen LogP contribution in [0.25, 0.3) is 0 Å². The molecule has 0 aliphatic carbocycles. The number of hydrogen-bond acceptors (Lipinski definition) is 3. The van der Waals surface area contributed by atoms with Gasteiger partial charge in [0, 0.05) is 25.3 Å². The van der Waals surface area contributed by atoms with Gasteiger partial charge in [-0.1, -0.05) is 30.3 Å². The van der Waals surface area contributed by atoms with Gasteiger partial charge < -0.3 is 15.3 Å². The minimum Gasteiger partial charge on any atom is -0.478 e. The molecule has 24 heavy (non-hydrogen) atoms. The van der Waals surface area contributed by atoms with E-state index in [2.05, 4.69) is 40.5 Å². The van der Waals surface area contributed by atoms with E-state index in [1.165, 1.54) is 18.5 Å². The Balaban J connectivity index is 1.50. The molecule has 1 fully saturated rings. The number of anilines is 1. The van der Waals surface area contributed by atoms with Crippen molar-refractivity contribution in [3.63, 3.8) is 0 Å². The topological polar surface area (TPSA) is 52.6 Å². The van der Waals surface area contributed by atoms with Crippen LogP contribution in [-0.4, -0.2) is 30.7 Å². The molecular weight excluding hydrogens is 300 g/mol. The number of benzene rings is 2. The average Bonchev–Trinajstić information content (AvgIpc) is 2.63.